The van der Waals surface area contributed by atoms with Crippen LogP contribution >= 0.6 is 0 Å². The van der Waals surface area contributed by atoms with Gasteiger partial charge in [-0.15, -0.1) is 0 Å². The van der Waals surface area contributed by atoms with Crippen molar-refractivity contribution in [3.05, 3.63) is 0 Å². The fourth-order valence-corrected chi connectivity index (χ4v) is 4.77. The van der Waals surface area contributed by atoms with Crippen molar-refractivity contribution in [3.63, 3.8) is 0 Å². The minimum Gasteiger partial charge on any atom is -0.315 e. The Morgan fingerprint density at radius 2 is 1.94 bits per heavy atom. The predicted octanol–water partition coefficient (Wildman–Crippen LogP) is 1.09. The van der Waals surface area contributed by atoms with Crippen molar-refractivity contribution in [3.8, 4) is 0 Å². The molecule has 2 N–H and O–H groups in total. The van der Waals surface area contributed by atoms with Crippen LogP contribution in [0.4, 0.5) is 0 Å². The van der Waals surface area contributed by atoms with Crippen molar-refractivity contribution in [2.75, 3.05) is 13.1 Å². The summed E-state index contributed by atoms with van der Waals surface area (Å²) in [6.07, 6.45) is 4.01. The summed E-state index contributed by atoms with van der Waals surface area (Å²) in [7, 11) is -3.12. The molecule has 1 saturated heterocycles. The van der Waals surface area contributed by atoms with E-state index in [4.69, 9.17) is 0 Å². The van der Waals surface area contributed by atoms with E-state index < -0.39 is 10.0 Å². The molecule has 100 valence electrons. The first kappa shape index (κ1) is 13.3. The van der Waals surface area contributed by atoms with Crippen LogP contribution in [-0.4, -0.2) is 32.8 Å². The SMILES string of the molecule is CC1CCC(NS(=O)(=O)C2CCNC2)C(C)C1. The molecule has 4 nitrogen and oxygen atoms in total. The van der Waals surface area contributed by atoms with Gasteiger partial charge in [0.2, 0.25) is 10.0 Å². The summed E-state index contributed by atoms with van der Waals surface area (Å²) in [6.45, 7) is 5.84. The van der Waals surface area contributed by atoms with Crippen molar-refractivity contribution in [2.24, 2.45) is 11.8 Å². The third kappa shape index (κ3) is 3.20. The van der Waals surface area contributed by atoms with Crippen LogP contribution in [0, 0.1) is 11.8 Å². The molecule has 0 aromatic rings. The molecular weight excluding hydrogens is 236 g/mol. The number of nitrogens with one attached hydrogen (secondary N) is 2. The largest absolute Gasteiger partial charge is 0.315 e. The van der Waals surface area contributed by atoms with Gasteiger partial charge in [0.05, 0.1) is 5.25 Å². The van der Waals surface area contributed by atoms with Gasteiger partial charge in [-0.2, -0.15) is 0 Å². The molecule has 0 amide bonds. The monoisotopic (exact) mass is 260 g/mol. The average molecular weight is 260 g/mol. The predicted molar refractivity (Wildman–Crippen MR) is 69.3 cm³/mol. The van der Waals surface area contributed by atoms with Gasteiger partial charge in [0, 0.05) is 12.6 Å². The Bertz CT molecular complexity index is 350. The van der Waals surface area contributed by atoms with Crippen molar-refractivity contribution < 1.29 is 8.42 Å². The van der Waals surface area contributed by atoms with Crippen molar-refractivity contribution in [1.29, 1.82) is 0 Å². The number of hydrogen-bond donors (Lipinski definition) is 2. The quantitative estimate of drug-likeness (QED) is 0.799. The molecule has 2 aliphatic rings. The van der Waals surface area contributed by atoms with Crippen LogP contribution in [0.3, 0.4) is 0 Å². The summed E-state index contributed by atoms with van der Waals surface area (Å²) >= 11 is 0. The molecule has 2 fully saturated rings. The molecule has 17 heavy (non-hydrogen) atoms. The summed E-state index contributed by atoms with van der Waals surface area (Å²) in [6, 6.07) is 0.150. The van der Waals surface area contributed by atoms with Gasteiger partial charge in [0.25, 0.3) is 0 Å². The van der Waals surface area contributed by atoms with Gasteiger partial charge in [0.1, 0.15) is 0 Å². The Labute approximate surface area is 105 Å². The van der Waals surface area contributed by atoms with Gasteiger partial charge in [-0.05, 0) is 44.1 Å². The zero-order chi connectivity index (χ0) is 12.5. The van der Waals surface area contributed by atoms with Gasteiger partial charge in [0.15, 0.2) is 0 Å². The zero-order valence-electron chi connectivity index (χ0n) is 10.8. The molecule has 0 radical (unpaired) electrons. The molecule has 1 saturated carbocycles. The highest BCUT2D eigenvalue weighted by Crippen LogP contribution is 2.29. The Hall–Kier alpha value is -0.130. The maximum absolute atomic E-state index is 12.2. The van der Waals surface area contributed by atoms with E-state index in [2.05, 4.69) is 23.9 Å². The Morgan fingerprint density at radius 3 is 2.53 bits per heavy atom. The highest BCUT2D eigenvalue weighted by atomic mass is 32.2. The first-order valence-electron chi connectivity index (χ1n) is 6.71. The van der Waals surface area contributed by atoms with Crippen LogP contribution in [0.5, 0.6) is 0 Å². The van der Waals surface area contributed by atoms with Gasteiger partial charge in [-0.1, -0.05) is 13.8 Å². The van der Waals surface area contributed by atoms with Crippen LogP contribution in [0.25, 0.3) is 0 Å². The van der Waals surface area contributed by atoms with Gasteiger partial charge >= 0.3 is 0 Å². The standard InChI is InChI=1S/C12H24N2O2S/c1-9-3-4-12(10(2)7-9)14-17(15,16)11-5-6-13-8-11/h9-14H,3-8H2,1-2H3. The molecule has 1 aliphatic heterocycles. The van der Waals surface area contributed by atoms with E-state index in [0.717, 1.165) is 38.1 Å². The lowest BCUT2D eigenvalue weighted by atomic mass is 9.80. The van der Waals surface area contributed by atoms with Crippen molar-refractivity contribution >= 4 is 10.0 Å². The highest BCUT2D eigenvalue weighted by molar-refractivity contribution is 7.90. The van der Waals surface area contributed by atoms with E-state index in [-0.39, 0.29) is 11.3 Å². The van der Waals surface area contributed by atoms with E-state index in [9.17, 15) is 8.42 Å². The first-order chi connectivity index (χ1) is 7.99. The third-order valence-corrected chi connectivity index (χ3v) is 6.11. The third-order valence-electron chi connectivity index (χ3n) is 4.20. The molecule has 1 aliphatic carbocycles. The molecule has 4 unspecified atom stereocenters. The molecule has 5 heteroatoms. The summed E-state index contributed by atoms with van der Waals surface area (Å²) in [5.74, 6) is 1.20. The normalized spacial score (nSPS) is 39.4. The Kier molecular flexibility index (Phi) is 4.10. The van der Waals surface area contributed by atoms with Gasteiger partial charge in [-0.3, -0.25) is 0 Å². The van der Waals surface area contributed by atoms with E-state index in [1.54, 1.807) is 0 Å². The molecule has 0 spiro atoms. The smallest absolute Gasteiger partial charge is 0.216 e. The molecule has 0 aromatic heterocycles. The number of rotatable bonds is 3. The molecule has 1 heterocycles. The van der Waals surface area contributed by atoms with Crippen LogP contribution in [0.2, 0.25) is 0 Å². The lowest BCUT2D eigenvalue weighted by Crippen LogP contribution is -2.46. The Morgan fingerprint density at radius 1 is 1.18 bits per heavy atom. The summed E-state index contributed by atoms with van der Waals surface area (Å²) in [4.78, 5) is 0. The van der Waals surface area contributed by atoms with Crippen LogP contribution in [0.1, 0.15) is 39.5 Å². The summed E-state index contributed by atoms with van der Waals surface area (Å²) in [5, 5.41) is 2.89. The lowest BCUT2D eigenvalue weighted by molar-refractivity contribution is 0.249. The van der Waals surface area contributed by atoms with E-state index in [1.165, 1.54) is 0 Å². The Balaban J connectivity index is 1.95. The molecule has 4 atom stereocenters. The highest BCUT2D eigenvalue weighted by Gasteiger charge is 2.34. The molecule has 2 rings (SSSR count). The van der Waals surface area contributed by atoms with Crippen LogP contribution < -0.4 is 10.0 Å². The average Bonchev–Trinajstić information content (AvgIpc) is 2.76. The topological polar surface area (TPSA) is 58.2 Å². The van der Waals surface area contributed by atoms with Crippen molar-refractivity contribution in [1.82, 2.24) is 10.0 Å². The molecule has 0 bridgehead atoms. The lowest BCUT2D eigenvalue weighted by Gasteiger charge is -2.33. The molecular formula is C12H24N2O2S. The number of sulfonamides is 1. The number of hydrogen-bond acceptors (Lipinski definition) is 3. The fourth-order valence-electron chi connectivity index (χ4n) is 3.04. The minimum atomic E-state index is -3.12. The molecule has 0 aromatic carbocycles. The second-order valence-electron chi connectivity index (χ2n) is 5.78. The minimum absolute atomic E-state index is 0.150. The fraction of sp³-hybridized carbons (Fsp3) is 1.00. The first-order valence-corrected chi connectivity index (χ1v) is 8.25. The maximum atomic E-state index is 12.2. The van der Waals surface area contributed by atoms with Crippen LogP contribution in [0.15, 0.2) is 0 Å². The second-order valence-corrected chi connectivity index (χ2v) is 7.77. The summed E-state index contributed by atoms with van der Waals surface area (Å²) in [5.41, 5.74) is 0. The van der Waals surface area contributed by atoms with Gasteiger partial charge in [-0.25, -0.2) is 13.1 Å². The van der Waals surface area contributed by atoms with E-state index in [1.807, 2.05) is 0 Å². The zero-order valence-corrected chi connectivity index (χ0v) is 11.6. The van der Waals surface area contributed by atoms with E-state index in [0.29, 0.717) is 12.5 Å². The van der Waals surface area contributed by atoms with Crippen molar-refractivity contribution in [2.45, 2.75) is 50.8 Å². The van der Waals surface area contributed by atoms with Gasteiger partial charge < -0.3 is 5.32 Å². The maximum Gasteiger partial charge on any atom is 0.216 e. The van der Waals surface area contributed by atoms with Crippen LogP contribution in [-0.2, 0) is 10.0 Å². The second kappa shape index (κ2) is 5.24. The summed E-state index contributed by atoms with van der Waals surface area (Å²) < 4.78 is 27.3. The van der Waals surface area contributed by atoms with E-state index >= 15 is 0 Å².